The second kappa shape index (κ2) is 6.90. The third-order valence-electron chi connectivity index (χ3n) is 3.90. The van der Waals surface area contributed by atoms with Gasteiger partial charge in [0, 0.05) is 18.8 Å². The SMILES string of the molecule is Cc1ccc(NC(=S)N2CCCCCCC2)cc1C. The number of thiocarbonyl (C=S) groups is 1. The van der Waals surface area contributed by atoms with Crippen molar-refractivity contribution in [3.63, 3.8) is 0 Å². The maximum Gasteiger partial charge on any atom is 0.173 e. The van der Waals surface area contributed by atoms with Crippen LogP contribution in [-0.2, 0) is 0 Å². The van der Waals surface area contributed by atoms with E-state index in [1.54, 1.807) is 0 Å². The highest BCUT2D eigenvalue weighted by molar-refractivity contribution is 7.80. The van der Waals surface area contributed by atoms with Crippen LogP contribution in [0.25, 0.3) is 0 Å². The Labute approximate surface area is 122 Å². The fraction of sp³-hybridized carbons (Fsp3) is 0.562. The summed E-state index contributed by atoms with van der Waals surface area (Å²) in [7, 11) is 0. The number of rotatable bonds is 1. The van der Waals surface area contributed by atoms with E-state index in [-0.39, 0.29) is 0 Å². The quantitative estimate of drug-likeness (QED) is 0.771. The highest BCUT2D eigenvalue weighted by Gasteiger charge is 2.11. The van der Waals surface area contributed by atoms with Gasteiger partial charge in [-0.25, -0.2) is 0 Å². The molecule has 1 aliphatic rings. The molecule has 1 heterocycles. The molecule has 1 aliphatic heterocycles. The second-order valence-corrected chi connectivity index (χ2v) is 5.87. The van der Waals surface area contributed by atoms with E-state index in [1.807, 2.05) is 0 Å². The van der Waals surface area contributed by atoms with Gasteiger partial charge in [0.1, 0.15) is 0 Å². The highest BCUT2D eigenvalue weighted by atomic mass is 32.1. The van der Waals surface area contributed by atoms with Gasteiger partial charge in [0.05, 0.1) is 0 Å². The van der Waals surface area contributed by atoms with Gasteiger partial charge >= 0.3 is 0 Å². The summed E-state index contributed by atoms with van der Waals surface area (Å²) in [5.41, 5.74) is 3.73. The average Bonchev–Trinajstić information content (AvgIpc) is 2.33. The number of aryl methyl sites for hydroxylation is 2. The lowest BCUT2D eigenvalue weighted by molar-refractivity contribution is 0.366. The highest BCUT2D eigenvalue weighted by Crippen LogP contribution is 2.16. The van der Waals surface area contributed by atoms with Crippen molar-refractivity contribution in [1.82, 2.24) is 4.90 Å². The lowest BCUT2D eigenvalue weighted by atomic mass is 10.1. The van der Waals surface area contributed by atoms with Crippen molar-refractivity contribution in [3.05, 3.63) is 29.3 Å². The fourth-order valence-corrected chi connectivity index (χ4v) is 2.77. The van der Waals surface area contributed by atoms with Crippen molar-refractivity contribution < 1.29 is 0 Å². The monoisotopic (exact) mass is 276 g/mol. The third kappa shape index (κ3) is 4.20. The van der Waals surface area contributed by atoms with Crippen LogP contribution in [-0.4, -0.2) is 23.1 Å². The smallest absolute Gasteiger partial charge is 0.173 e. The van der Waals surface area contributed by atoms with Gasteiger partial charge in [-0.2, -0.15) is 0 Å². The summed E-state index contributed by atoms with van der Waals surface area (Å²) in [5.74, 6) is 0. The molecule has 104 valence electrons. The van der Waals surface area contributed by atoms with Crippen molar-refractivity contribution in [2.75, 3.05) is 18.4 Å². The molecule has 0 aromatic heterocycles. The topological polar surface area (TPSA) is 15.3 Å². The first-order valence-electron chi connectivity index (χ1n) is 7.30. The molecule has 0 amide bonds. The van der Waals surface area contributed by atoms with Gasteiger partial charge in [-0.05, 0) is 62.2 Å². The third-order valence-corrected chi connectivity index (χ3v) is 4.26. The van der Waals surface area contributed by atoms with Crippen molar-refractivity contribution >= 4 is 23.0 Å². The van der Waals surface area contributed by atoms with Crippen LogP contribution in [0.3, 0.4) is 0 Å². The van der Waals surface area contributed by atoms with Crippen molar-refractivity contribution in [2.45, 2.75) is 46.0 Å². The van der Waals surface area contributed by atoms with Gasteiger partial charge in [-0.1, -0.05) is 25.3 Å². The van der Waals surface area contributed by atoms with Crippen LogP contribution in [0.5, 0.6) is 0 Å². The van der Waals surface area contributed by atoms with Crippen molar-refractivity contribution in [2.24, 2.45) is 0 Å². The first-order valence-corrected chi connectivity index (χ1v) is 7.71. The first kappa shape index (κ1) is 14.3. The Morgan fingerprint density at radius 2 is 1.63 bits per heavy atom. The Hall–Kier alpha value is -1.09. The van der Waals surface area contributed by atoms with E-state index in [0.717, 1.165) is 23.9 Å². The number of nitrogens with one attached hydrogen (secondary N) is 1. The van der Waals surface area contributed by atoms with Gasteiger partial charge in [-0.3, -0.25) is 0 Å². The van der Waals surface area contributed by atoms with E-state index in [9.17, 15) is 0 Å². The summed E-state index contributed by atoms with van der Waals surface area (Å²) < 4.78 is 0. The van der Waals surface area contributed by atoms with Gasteiger partial charge in [0.25, 0.3) is 0 Å². The Morgan fingerprint density at radius 3 is 2.26 bits per heavy atom. The van der Waals surface area contributed by atoms with E-state index >= 15 is 0 Å². The summed E-state index contributed by atoms with van der Waals surface area (Å²) >= 11 is 5.55. The van der Waals surface area contributed by atoms with Gasteiger partial charge in [0.15, 0.2) is 5.11 Å². The summed E-state index contributed by atoms with van der Waals surface area (Å²) in [5, 5.41) is 4.26. The van der Waals surface area contributed by atoms with Gasteiger partial charge in [-0.15, -0.1) is 0 Å². The van der Waals surface area contributed by atoms with Crippen molar-refractivity contribution in [3.8, 4) is 0 Å². The van der Waals surface area contributed by atoms with Crippen LogP contribution >= 0.6 is 12.2 Å². The van der Waals surface area contributed by atoms with Crippen LogP contribution in [0.15, 0.2) is 18.2 Å². The summed E-state index contributed by atoms with van der Waals surface area (Å²) in [6, 6.07) is 6.43. The fourth-order valence-electron chi connectivity index (χ4n) is 2.47. The summed E-state index contributed by atoms with van der Waals surface area (Å²) in [4.78, 5) is 2.32. The molecule has 0 aliphatic carbocycles. The summed E-state index contributed by atoms with van der Waals surface area (Å²) in [6.07, 6.45) is 6.57. The van der Waals surface area contributed by atoms with Crippen LogP contribution in [0.1, 0.15) is 43.2 Å². The number of benzene rings is 1. The Balaban J connectivity index is 1.96. The molecule has 1 aromatic carbocycles. The minimum absolute atomic E-state index is 0.880. The van der Waals surface area contributed by atoms with Gasteiger partial charge in [0.2, 0.25) is 0 Å². The maximum atomic E-state index is 5.55. The number of hydrogen-bond acceptors (Lipinski definition) is 1. The number of likely N-dealkylation sites (tertiary alicyclic amines) is 1. The zero-order chi connectivity index (χ0) is 13.7. The number of anilines is 1. The maximum absolute atomic E-state index is 5.55. The Morgan fingerprint density at radius 1 is 1.00 bits per heavy atom. The molecular weight excluding hydrogens is 252 g/mol. The zero-order valence-corrected chi connectivity index (χ0v) is 12.9. The molecule has 1 N–H and O–H groups in total. The lowest BCUT2D eigenvalue weighted by Crippen LogP contribution is -2.36. The van der Waals surface area contributed by atoms with Gasteiger partial charge < -0.3 is 10.2 Å². The molecule has 1 saturated heterocycles. The van der Waals surface area contributed by atoms with E-state index in [4.69, 9.17) is 12.2 Å². The van der Waals surface area contributed by atoms with Crippen LogP contribution in [0.4, 0.5) is 5.69 Å². The zero-order valence-electron chi connectivity index (χ0n) is 12.0. The van der Waals surface area contributed by atoms with Crippen molar-refractivity contribution in [1.29, 1.82) is 0 Å². The number of nitrogens with zero attached hydrogens (tertiary/aromatic N) is 1. The molecule has 0 radical (unpaired) electrons. The molecule has 2 nitrogen and oxygen atoms in total. The molecule has 0 bridgehead atoms. The van der Waals surface area contributed by atoms with E-state index in [0.29, 0.717) is 0 Å². The average molecular weight is 276 g/mol. The molecule has 19 heavy (non-hydrogen) atoms. The predicted octanol–water partition coefficient (Wildman–Crippen LogP) is 4.27. The normalized spacial score (nSPS) is 16.6. The largest absolute Gasteiger partial charge is 0.349 e. The molecule has 3 heteroatoms. The lowest BCUT2D eigenvalue weighted by Gasteiger charge is -2.27. The molecule has 1 fully saturated rings. The molecule has 0 atom stereocenters. The van der Waals surface area contributed by atoms with E-state index < -0.39 is 0 Å². The predicted molar refractivity (Wildman–Crippen MR) is 86.8 cm³/mol. The van der Waals surface area contributed by atoms with Crippen LogP contribution in [0.2, 0.25) is 0 Å². The Bertz CT molecular complexity index is 434. The first-order chi connectivity index (χ1) is 9.16. The van der Waals surface area contributed by atoms with E-state index in [1.165, 1.54) is 43.2 Å². The molecule has 0 unspecified atom stereocenters. The van der Waals surface area contributed by atoms with Crippen LogP contribution < -0.4 is 5.32 Å². The number of hydrogen-bond donors (Lipinski definition) is 1. The molecule has 0 spiro atoms. The second-order valence-electron chi connectivity index (χ2n) is 5.48. The molecule has 2 rings (SSSR count). The molecular formula is C16H24N2S. The van der Waals surface area contributed by atoms with E-state index in [2.05, 4.69) is 42.3 Å². The summed E-state index contributed by atoms with van der Waals surface area (Å²) in [6.45, 7) is 6.46. The minimum Gasteiger partial charge on any atom is -0.349 e. The standard InChI is InChI=1S/C16H24N2S/c1-13-8-9-15(12-14(13)2)17-16(19)18-10-6-4-3-5-7-11-18/h8-9,12H,3-7,10-11H2,1-2H3,(H,17,19). The molecule has 1 aromatic rings. The Kier molecular flexibility index (Phi) is 5.20. The van der Waals surface area contributed by atoms with Crippen LogP contribution in [0, 0.1) is 13.8 Å². The minimum atomic E-state index is 0.880. The molecule has 0 saturated carbocycles.